The fraction of sp³-hybridized carbons (Fsp3) is 0.471. The van der Waals surface area contributed by atoms with Crippen molar-refractivity contribution in [2.75, 3.05) is 4.90 Å². The molecule has 4 rings (SSSR count). The molecule has 1 saturated heterocycles. The maximum atomic E-state index is 12.7. The Labute approximate surface area is 127 Å². The van der Waals surface area contributed by atoms with Crippen molar-refractivity contribution in [2.45, 2.75) is 25.7 Å². The summed E-state index contributed by atoms with van der Waals surface area (Å²) >= 11 is 0. The molecule has 0 spiro atoms. The number of imide groups is 1. The monoisotopic (exact) mass is 299 g/mol. The molecular weight excluding hydrogens is 282 g/mol. The van der Waals surface area contributed by atoms with Gasteiger partial charge in [-0.15, -0.1) is 0 Å². The van der Waals surface area contributed by atoms with Crippen molar-refractivity contribution in [3.05, 3.63) is 29.8 Å². The van der Waals surface area contributed by atoms with E-state index in [9.17, 15) is 14.4 Å². The van der Waals surface area contributed by atoms with Gasteiger partial charge in [-0.1, -0.05) is 12.1 Å². The lowest BCUT2D eigenvalue weighted by Crippen LogP contribution is -2.32. The molecule has 1 heterocycles. The van der Waals surface area contributed by atoms with Crippen LogP contribution in [0.15, 0.2) is 24.3 Å². The number of aliphatic carboxylic acids is 1. The van der Waals surface area contributed by atoms with E-state index in [2.05, 4.69) is 0 Å². The summed E-state index contributed by atoms with van der Waals surface area (Å²) in [5, 5.41) is 8.79. The van der Waals surface area contributed by atoms with Crippen LogP contribution >= 0.6 is 0 Å². The van der Waals surface area contributed by atoms with Crippen LogP contribution in [0.1, 0.15) is 24.8 Å². The van der Waals surface area contributed by atoms with Gasteiger partial charge in [0.05, 0.1) is 23.9 Å². The van der Waals surface area contributed by atoms with Gasteiger partial charge < -0.3 is 5.11 Å². The van der Waals surface area contributed by atoms with Crippen molar-refractivity contribution in [3.63, 3.8) is 0 Å². The van der Waals surface area contributed by atoms with E-state index in [1.54, 1.807) is 24.3 Å². The van der Waals surface area contributed by atoms with Gasteiger partial charge in [0.1, 0.15) is 0 Å². The summed E-state index contributed by atoms with van der Waals surface area (Å²) in [6, 6.07) is 6.70. The van der Waals surface area contributed by atoms with E-state index in [1.807, 2.05) is 0 Å². The van der Waals surface area contributed by atoms with E-state index >= 15 is 0 Å². The Morgan fingerprint density at radius 2 is 1.59 bits per heavy atom. The first-order valence-electron chi connectivity index (χ1n) is 7.75. The van der Waals surface area contributed by atoms with Gasteiger partial charge in [0.25, 0.3) is 0 Å². The number of anilines is 1. The van der Waals surface area contributed by atoms with E-state index < -0.39 is 5.97 Å². The maximum absolute atomic E-state index is 12.7. The Kier molecular flexibility index (Phi) is 2.86. The van der Waals surface area contributed by atoms with Crippen LogP contribution in [0.4, 0.5) is 5.69 Å². The molecule has 0 radical (unpaired) electrons. The number of carbonyl (C=O) groups is 3. The molecule has 2 amide bonds. The maximum Gasteiger partial charge on any atom is 0.307 e. The predicted octanol–water partition coefficient (Wildman–Crippen LogP) is 1.85. The van der Waals surface area contributed by atoms with Gasteiger partial charge in [-0.25, -0.2) is 0 Å². The Bertz CT molecular complexity index is 638. The summed E-state index contributed by atoms with van der Waals surface area (Å²) in [7, 11) is 0. The molecule has 0 aromatic heterocycles. The largest absolute Gasteiger partial charge is 0.481 e. The van der Waals surface area contributed by atoms with Gasteiger partial charge in [-0.2, -0.15) is 0 Å². The summed E-state index contributed by atoms with van der Waals surface area (Å²) in [6.45, 7) is 0. The van der Waals surface area contributed by atoms with Crippen LogP contribution in [-0.4, -0.2) is 22.9 Å². The van der Waals surface area contributed by atoms with Crippen LogP contribution in [-0.2, 0) is 20.8 Å². The van der Waals surface area contributed by atoms with E-state index in [0.717, 1.165) is 19.3 Å². The zero-order valence-corrected chi connectivity index (χ0v) is 12.1. The van der Waals surface area contributed by atoms with Gasteiger partial charge >= 0.3 is 5.97 Å². The number of hydrogen-bond donors (Lipinski definition) is 1. The Morgan fingerprint density at radius 1 is 1.05 bits per heavy atom. The van der Waals surface area contributed by atoms with Crippen LogP contribution in [0.25, 0.3) is 0 Å². The summed E-state index contributed by atoms with van der Waals surface area (Å²) in [6.07, 6.45) is 3.10. The summed E-state index contributed by atoms with van der Waals surface area (Å²) in [5.41, 5.74) is 1.23. The van der Waals surface area contributed by atoms with Gasteiger partial charge in [0.15, 0.2) is 0 Å². The van der Waals surface area contributed by atoms with Crippen molar-refractivity contribution >= 4 is 23.5 Å². The summed E-state index contributed by atoms with van der Waals surface area (Å²) < 4.78 is 0. The minimum Gasteiger partial charge on any atom is -0.481 e. The minimum absolute atomic E-state index is 0.0580. The first kappa shape index (κ1) is 13.5. The second-order valence-corrected chi connectivity index (χ2v) is 6.63. The number of benzene rings is 1. The lowest BCUT2D eigenvalue weighted by molar-refractivity contribution is -0.136. The number of carboxylic acids is 1. The number of nitrogens with zero attached hydrogens (tertiary/aromatic N) is 1. The third kappa shape index (κ3) is 1.81. The van der Waals surface area contributed by atoms with E-state index in [-0.39, 0.29) is 30.1 Å². The molecule has 1 aliphatic heterocycles. The molecule has 2 aliphatic carbocycles. The molecule has 1 N–H and O–H groups in total. The summed E-state index contributed by atoms with van der Waals surface area (Å²) in [5.74, 6) is -0.506. The second-order valence-electron chi connectivity index (χ2n) is 6.63. The van der Waals surface area contributed by atoms with Gasteiger partial charge in [0.2, 0.25) is 11.8 Å². The first-order valence-corrected chi connectivity index (χ1v) is 7.75. The Morgan fingerprint density at radius 3 is 2.09 bits per heavy atom. The fourth-order valence-electron chi connectivity index (χ4n) is 4.60. The molecule has 0 unspecified atom stereocenters. The fourth-order valence-corrected chi connectivity index (χ4v) is 4.60. The van der Waals surface area contributed by atoms with Crippen molar-refractivity contribution < 1.29 is 19.5 Å². The van der Waals surface area contributed by atoms with Crippen molar-refractivity contribution in [2.24, 2.45) is 23.7 Å². The number of hydrogen-bond acceptors (Lipinski definition) is 3. The molecule has 22 heavy (non-hydrogen) atoms. The van der Waals surface area contributed by atoms with Gasteiger partial charge in [0, 0.05) is 0 Å². The van der Waals surface area contributed by atoms with Crippen LogP contribution in [0.2, 0.25) is 0 Å². The van der Waals surface area contributed by atoms with E-state index in [0.29, 0.717) is 23.1 Å². The molecule has 1 aromatic rings. The smallest absolute Gasteiger partial charge is 0.307 e. The molecular formula is C17H17NO4. The quantitative estimate of drug-likeness (QED) is 0.864. The van der Waals surface area contributed by atoms with Crippen LogP contribution < -0.4 is 4.90 Å². The highest BCUT2D eigenvalue weighted by Crippen LogP contribution is 2.56. The number of rotatable bonds is 3. The number of carboxylic acid groups (broad SMARTS) is 1. The molecule has 2 saturated carbocycles. The highest BCUT2D eigenvalue weighted by molar-refractivity contribution is 6.22. The van der Waals surface area contributed by atoms with E-state index in [1.165, 1.54) is 4.90 Å². The molecule has 5 nitrogen and oxygen atoms in total. The molecule has 3 aliphatic rings. The lowest BCUT2D eigenvalue weighted by Gasteiger charge is -2.19. The average Bonchev–Trinajstić information content (AvgIpc) is 3.14. The van der Waals surface area contributed by atoms with Gasteiger partial charge in [-0.05, 0) is 48.8 Å². The summed E-state index contributed by atoms with van der Waals surface area (Å²) in [4.78, 5) is 37.4. The second kappa shape index (κ2) is 4.66. The molecule has 5 heteroatoms. The number of amides is 2. The SMILES string of the molecule is O=C(O)Cc1ccc(N2C(=O)[C@H]3[C@@H]4CC[C@@H](C4)[C@@H]3C2=O)cc1. The van der Waals surface area contributed by atoms with Crippen molar-refractivity contribution in [3.8, 4) is 0 Å². The number of fused-ring (bicyclic) bond motifs is 5. The topological polar surface area (TPSA) is 74.7 Å². The molecule has 4 atom stereocenters. The molecule has 114 valence electrons. The highest BCUT2D eigenvalue weighted by Gasteiger charge is 2.61. The predicted molar refractivity (Wildman–Crippen MR) is 78.1 cm³/mol. The zero-order valence-electron chi connectivity index (χ0n) is 12.1. The lowest BCUT2D eigenvalue weighted by atomic mass is 9.81. The van der Waals surface area contributed by atoms with Crippen molar-refractivity contribution in [1.29, 1.82) is 0 Å². The molecule has 3 fully saturated rings. The van der Waals surface area contributed by atoms with Crippen LogP contribution in [0.5, 0.6) is 0 Å². The Hall–Kier alpha value is -2.17. The minimum atomic E-state index is -0.896. The van der Waals surface area contributed by atoms with Crippen LogP contribution in [0.3, 0.4) is 0 Å². The zero-order chi connectivity index (χ0) is 15.4. The van der Waals surface area contributed by atoms with Gasteiger partial charge in [-0.3, -0.25) is 19.3 Å². The number of carbonyl (C=O) groups excluding carboxylic acids is 2. The normalized spacial score (nSPS) is 32.6. The highest BCUT2D eigenvalue weighted by atomic mass is 16.4. The molecule has 2 bridgehead atoms. The first-order chi connectivity index (χ1) is 10.6. The standard InChI is InChI=1S/C17H17NO4/c19-13(20)7-9-1-5-12(6-2-9)18-16(21)14-10-3-4-11(8-10)15(14)17(18)22/h1-2,5-6,10-11,14-15H,3-4,7-8H2,(H,19,20)/t10-,11+,14-,15-/m0/s1. The third-order valence-electron chi connectivity index (χ3n) is 5.48. The Balaban J connectivity index is 1.62. The van der Waals surface area contributed by atoms with E-state index in [4.69, 9.17) is 5.11 Å². The van der Waals surface area contributed by atoms with Crippen molar-refractivity contribution in [1.82, 2.24) is 0 Å². The van der Waals surface area contributed by atoms with Crippen LogP contribution in [0, 0.1) is 23.7 Å². The average molecular weight is 299 g/mol. The third-order valence-corrected chi connectivity index (χ3v) is 5.48. The molecule has 1 aromatic carbocycles.